The first kappa shape index (κ1) is 15.9. The fourth-order valence-corrected chi connectivity index (χ4v) is 3.35. The minimum atomic E-state index is -3.93. The minimum absolute atomic E-state index is 0.00317. The van der Waals surface area contributed by atoms with Gasteiger partial charge in [-0.3, -0.25) is 9.35 Å². The second-order valence-electron chi connectivity index (χ2n) is 5.57. The molecule has 1 aliphatic carbocycles. The molecule has 0 radical (unpaired) electrons. The highest BCUT2D eigenvalue weighted by atomic mass is 32.2. The molecule has 0 bridgehead atoms. The van der Waals surface area contributed by atoms with E-state index >= 15 is 0 Å². The van der Waals surface area contributed by atoms with Crippen LogP contribution in [0.5, 0.6) is 0 Å². The van der Waals surface area contributed by atoms with E-state index in [1.165, 1.54) is 0 Å². The van der Waals surface area contributed by atoms with Crippen molar-refractivity contribution in [3.05, 3.63) is 53.1 Å². The minimum Gasteiger partial charge on any atom is -0.312 e. The third-order valence-electron chi connectivity index (χ3n) is 3.87. The molecule has 0 spiro atoms. The molecule has 0 amide bonds. The second kappa shape index (κ2) is 6.23. The zero-order valence-electron chi connectivity index (χ0n) is 12.5. The summed E-state index contributed by atoms with van der Waals surface area (Å²) < 4.78 is 30.0. The van der Waals surface area contributed by atoms with Gasteiger partial charge >= 0.3 is 0 Å². The summed E-state index contributed by atoms with van der Waals surface area (Å²) in [6.45, 7) is 0.783. The van der Waals surface area contributed by atoms with Crippen molar-refractivity contribution in [1.82, 2.24) is 5.32 Å². The number of ketones is 1. The summed E-state index contributed by atoms with van der Waals surface area (Å²) in [4.78, 5) is 12.6. The summed E-state index contributed by atoms with van der Waals surface area (Å²) in [5, 5.41) is 5.08. The van der Waals surface area contributed by atoms with Crippen LogP contribution in [-0.4, -0.2) is 37.6 Å². The Morgan fingerprint density at radius 2 is 1.83 bits per heavy atom. The number of rotatable bonds is 6. The van der Waals surface area contributed by atoms with Crippen molar-refractivity contribution in [2.75, 3.05) is 18.8 Å². The maximum absolute atomic E-state index is 12.6. The normalized spacial score (nSPS) is 14.1. The molecule has 2 aromatic rings. The van der Waals surface area contributed by atoms with Crippen molar-refractivity contribution < 1.29 is 17.8 Å². The number of Topliss-reactive ketones (excluding diaryl/α,β-unsaturated/α-hetero) is 1. The molecule has 120 valence electrons. The lowest BCUT2D eigenvalue weighted by Gasteiger charge is -2.17. The van der Waals surface area contributed by atoms with Gasteiger partial charge in [-0.05, 0) is 30.0 Å². The van der Waals surface area contributed by atoms with Gasteiger partial charge in [0.25, 0.3) is 10.1 Å². The summed E-state index contributed by atoms with van der Waals surface area (Å²) in [6, 6.07) is 11.6. The highest BCUT2D eigenvalue weighted by Crippen LogP contribution is 2.30. The largest absolute Gasteiger partial charge is 0.312 e. The van der Waals surface area contributed by atoms with Gasteiger partial charge in [0.2, 0.25) is 0 Å². The van der Waals surface area contributed by atoms with Gasteiger partial charge in [0.05, 0.1) is 5.75 Å². The first-order chi connectivity index (χ1) is 11.0. The van der Waals surface area contributed by atoms with Crippen molar-refractivity contribution in [2.45, 2.75) is 6.42 Å². The Morgan fingerprint density at radius 1 is 1.09 bits per heavy atom. The van der Waals surface area contributed by atoms with E-state index in [-0.39, 0.29) is 11.5 Å². The molecule has 0 unspecified atom stereocenters. The molecule has 0 fully saturated rings. The van der Waals surface area contributed by atoms with Gasteiger partial charge in [-0.25, -0.2) is 0 Å². The molecular formula is C17H17NO4S. The van der Waals surface area contributed by atoms with E-state index in [1.807, 2.05) is 42.5 Å². The van der Waals surface area contributed by atoms with Crippen molar-refractivity contribution in [3.63, 3.8) is 0 Å². The van der Waals surface area contributed by atoms with Crippen LogP contribution in [0, 0.1) is 0 Å². The molecule has 0 heterocycles. The molecule has 0 atom stereocenters. The Morgan fingerprint density at radius 3 is 2.57 bits per heavy atom. The third kappa shape index (κ3) is 3.50. The molecule has 0 saturated heterocycles. The lowest BCUT2D eigenvalue weighted by atomic mass is 9.88. The highest BCUT2D eigenvalue weighted by Gasteiger charge is 2.21. The van der Waals surface area contributed by atoms with E-state index in [1.54, 1.807) is 0 Å². The summed E-state index contributed by atoms with van der Waals surface area (Å²) in [7, 11) is -3.93. The van der Waals surface area contributed by atoms with Crippen LogP contribution in [0.2, 0.25) is 0 Å². The van der Waals surface area contributed by atoms with E-state index in [4.69, 9.17) is 4.55 Å². The Hall–Kier alpha value is -2.02. The SMILES string of the molecule is O=C1C(CNCCCS(=O)(=O)O)=Cc2cccc3cccc1c23. The maximum atomic E-state index is 12.6. The van der Waals surface area contributed by atoms with Crippen molar-refractivity contribution in [3.8, 4) is 0 Å². The molecule has 6 heteroatoms. The lowest BCUT2D eigenvalue weighted by Crippen LogP contribution is -2.24. The molecule has 3 rings (SSSR count). The molecular weight excluding hydrogens is 314 g/mol. The van der Waals surface area contributed by atoms with Gasteiger partial charge in [0.15, 0.2) is 5.78 Å². The van der Waals surface area contributed by atoms with Gasteiger partial charge in [-0.2, -0.15) is 8.42 Å². The second-order valence-corrected chi connectivity index (χ2v) is 7.14. The van der Waals surface area contributed by atoms with Crippen LogP contribution in [0.3, 0.4) is 0 Å². The first-order valence-corrected chi connectivity index (χ1v) is 8.99. The Bertz CT molecular complexity index is 895. The number of hydrogen-bond acceptors (Lipinski definition) is 4. The van der Waals surface area contributed by atoms with Crippen LogP contribution < -0.4 is 5.32 Å². The van der Waals surface area contributed by atoms with Crippen molar-refractivity contribution >= 4 is 32.7 Å². The fraction of sp³-hybridized carbons (Fsp3) is 0.235. The van der Waals surface area contributed by atoms with Crippen LogP contribution in [0.1, 0.15) is 22.3 Å². The van der Waals surface area contributed by atoms with E-state index < -0.39 is 10.1 Å². The zero-order valence-corrected chi connectivity index (χ0v) is 13.3. The summed E-state index contributed by atoms with van der Waals surface area (Å²) >= 11 is 0. The molecule has 2 N–H and O–H groups in total. The van der Waals surface area contributed by atoms with Crippen LogP contribution >= 0.6 is 0 Å². The van der Waals surface area contributed by atoms with Crippen LogP contribution in [0.25, 0.3) is 16.8 Å². The number of hydrogen-bond donors (Lipinski definition) is 2. The van der Waals surface area contributed by atoms with Crippen LogP contribution in [-0.2, 0) is 10.1 Å². The zero-order chi connectivity index (χ0) is 16.4. The van der Waals surface area contributed by atoms with Gasteiger partial charge in [0, 0.05) is 23.1 Å². The van der Waals surface area contributed by atoms with Gasteiger partial charge in [-0.15, -0.1) is 0 Å². The molecule has 23 heavy (non-hydrogen) atoms. The average molecular weight is 331 g/mol. The molecule has 0 saturated carbocycles. The van der Waals surface area contributed by atoms with E-state index in [0.717, 1.165) is 16.3 Å². The van der Waals surface area contributed by atoms with Crippen molar-refractivity contribution in [1.29, 1.82) is 0 Å². The molecule has 0 aliphatic heterocycles. The standard InChI is InChI=1S/C17H17NO4S/c19-17-14(11-18-8-3-9-23(20,21)22)10-13-6-1-4-12-5-2-7-15(17)16(12)13/h1-2,4-7,10,18H,3,8-9,11H2,(H,20,21,22). The number of benzene rings is 2. The first-order valence-electron chi connectivity index (χ1n) is 7.38. The van der Waals surface area contributed by atoms with Crippen molar-refractivity contribution in [2.24, 2.45) is 0 Å². The summed E-state index contributed by atoms with van der Waals surface area (Å²) in [6.07, 6.45) is 2.18. The average Bonchev–Trinajstić information content (AvgIpc) is 2.50. The number of carbonyl (C=O) groups is 1. The quantitative estimate of drug-likeness (QED) is 0.627. The summed E-state index contributed by atoms with van der Waals surface area (Å²) in [5.74, 6) is -0.286. The highest BCUT2D eigenvalue weighted by molar-refractivity contribution is 7.85. The van der Waals surface area contributed by atoms with E-state index in [9.17, 15) is 13.2 Å². The maximum Gasteiger partial charge on any atom is 0.264 e. The molecule has 5 nitrogen and oxygen atoms in total. The van der Waals surface area contributed by atoms with E-state index in [0.29, 0.717) is 30.6 Å². The Balaban J connectivity index is 1.73. The van der Waals surface area contributed by atoms with Gasteiger partial charge in [0.1, 0.15) is 0 Å². The third-order valence-corrected chi connectivity index (χ3v) is 4.68. The monoisotopic (exact) mass is 331 g/mol. The molecule has 2 aromatic carbocycles. The summed E-state index contributed by atoms with van der Waals surface area (Å²) in [5.41, 5.74) is 2.38. The Labute approximate surface area is 134 Å². The van der Waals surface area contributed by atoms with Crippen LogP contribution in [0.15, 0.2) is 42.0 Å². The predicted molar refractivity (Wildman–Crippen MR) is 90.2 cm³/mol. The lowest BCUT2D eigenvalue weighted by molar-refractivity contribution is 0.103. The van der Waals surface area contributed by atoms with E-state index in [2.05, 4.69) is 5.32 Å². The smallest absolute Gasteiger partial charge is 0.264 e. The predicted octanol–water partition coefficient (Wildman–Crippen LogP) is 2.29. The van der Waals surface area contributed by atoms with Gasteiger partial charge < -0.3 is 5.32 Å². The topological polar surface area (TPSA) is 83.5 Å². The number of carbonyl (C=O) groups excluding carboxylic acids is 1. The number of nitrogens with one attached hydrogen (secondary N) is 1. The van der Waals surface area contributed by atoms with Gasteiger partial charge in [-0.1, -0.05) is 36.4 Å². The fourth-order valence-electron chi connectivity index (χ4n) is 2.84. The molecule has 1 aliphatic rings. The Kier molecular flexibility index (Phi) is 4.30. The van der Waals surface area contributed by atoms with Crippen LogP contribution in [0.4, 0.5) is 0 Å². The molecule has 0 aromatic heterocycles.